The molecule has 0 amide bonds. The summed E-state index contributed by atoms with van der Waals surface area (Å²) in [7, 11) is 2.14. The summed E-state index contributed by atoms with van der Waals surface area (Å²) in [5.41, 5.74) is 0. The van der Waals surface area contributed by atoms with E-state index in [0.717, 1.165) is 11.8 Å². The minimum atomic E-state index is 0.826. The molecule has 0 saturated heterocycles. The van der Waals surface area contributed by atoms with Gasteiger partial charge in [0.15, 0.2) is 0 Å². The fourth-order valence-corrected chi connectivity index (χ4v) is 1.40. The Morgan fingerprint density at radius 1 is 1.50 bits per heavy atom. The lowest BCUT2D eigenvalue weighted by Gasteiger charge is -2.28. The maximum atomic E-state index is 2.30. The van der Waals surface area contributed by atoms with Crippen molar-refractivity contribution in [2.24, 2.45) is 11.8 Å². The summed E-state index contributed by atoms with van der Waals surface area (Å²) in [5, 5.41) is 0. The Kier molecular flexibility index (Phi) is 2.36. The summed E-state index contributed by atoms with van der Waals surface area (Å²) in [4.78, 5) is 2.27. The van der Waals surface area contributed by atoms with Crippen molar-refractivity contribution in [3.05, 3.63) is 12.3 Å². The molecule has 10 heavy (non-hydrogen) atoms. The molecule has 1 aliphatic heterocycles. The quantitative estimate of drug-likeness (QED) is 0.538. The molecular formula is C9H17N. The second kappa shape index (κ2) is 3.09. The van der Waals surface area contributed by atoms with Crippen molar-refractivity contribution < 1.29 is 0 Å². The van der Waals surface area contributed by atoms with E-state index in [0.29, 0.717) is 0 Å². The summed E-state index contributed by atoms with van der Waals surface area (Å²) in [6.07, 6.45) is 5.72. The highest BCUT2D eigenvalue weighted by Gasteiger charge is 2.15. The van der Waals surface area contributed by atoms with Gasteiger partial charge < -0.3 is 4.90 Å². The third kappa shape index (κ3) is 1.76. The van der Waals surface area contributed by atoms with E-state index < -0.39 is 0 Å². The van der Waals surface area contributed by atoms with E-state index in [1.807, 2.05) is 0 Å². The van der Waals surface area contributed by atoms with Crippen LogP contribution in [0.5, 0.6) is 0 Å². The van der Waals surface area contributed by atoms with Crippen LogP contribution in [0, 0.1) is 11.8 Å². The van der Waals surface area contributed by atoms with Gasteiger partial charge in [0.2, 0.25) is 0 Å². The molecule has 1 rings (SSSR count). The van der Waals surface area contributed by atoms with Crippen LogP contribution in [-0.4, -0.2) is 18.5 Å². The van der Waals surface area contributed by atoms with Crippen LogP contribution >= 0.6 is 0 Å². The molecule has 0 N–H and O–H groups in total. The first-order chi connectivity index (χ1) is 4.70. The normalized spacial score (nSPS) is 26.0. The van der Waals surface area contributed by atoms with Gasteiger partial charge in [-0.2, -0.15) is 0 Å². The van der Waals surface area contributed by atoms with Crippen LogP contribution in [0.4, 0.5) is 0 Å². The molecule has 0 radical (unpaired) electrons. The molecule has 1 heterocycles. The molecule has 0 aromatic heterocycles. The van der Waals surface area contributed by atoms with Gasteiger partial charge in [-0.25, -0.2) is 0 Å². The van der Waals surface area contributed by atoms with E-state index in [9.17, 15) is 0 Å². The highest BCUT2D eigenvalue weighted by Crippen LogP contribution is 2.20. The molecule has 0 saturated carbocycles. The molecule has 0 spiro atoms. The monoisotopic (exact) mass is 139 g/mol. The Balaban J connectivity index is 2.44. The predicted molar refractivity (Wildman–Crippen MR) is 44.7 cm³/mol. The first-order valence-corrected chi connectivity index (χ1v) is 4.07. The lowest BCUT2D eigenvalue weighted by atomic mass is 9.90. The number of allylic oxidation sites excluding steroid dienone is 1. The van der Waals surface area contributed by atoms with E-state index in [-0.39, 0.29) is 0 Å². The maximum Gasteiger partial charge on any atom is 0.0202 e. The lowest BCUT2D eigenvalue weighted by molar-refractivity contribution is 0.272. The van der Waals surface area contributed by atoms with Gasteiger partial charge >= 0.3 is 0 Å². The van der Waals surface area contributed by atoms with Crippen molar-refractivity contribution in [1.29, 1.82) is 0 Å². The summed E-state index contributed by atoms with van der Waals surface area (Å²) in [5.74, 6) is 1.70. The Morgan fingerprint density at radius 2 is 2.20 bits per heavy atom. The van der Waals surface area contributed by atoms with Gasteiger partial charge in [-0.05, 0) is 24.5 Å². The number of nitrogens with zero attached hydrogens (tertiary/aromatic N) is 1. The van der Waals surface area contributed by atoms with Crippen molar-refractivity contribution >= 4 is 0 Å². The maximum absolute atomic E-state index is 2.30. The Hall–Kier alpha value is -0.460. The standard InChI is InChI=1S/C9H17N/c1-8(2)9-5-4-6-10(3)7-9/h4,6,8-9H,5,7H2,1-3H3. The molecular weight excluding hydrogens is 122 g/mol. The summed E-state index contributed by atoms with van der Waals surface area (Å²) in [6.45, 7) is 5.84. The van der Waals surface area contributed by atoms with Crippen LogP contribution in [0.2, 0.25) is 0 Å². The van der Waals surface area contributed by atoms with E-state index >= 15 is 0 Å². The number of hydrogen-bond donors (Lipinski definition) is 0. The van der Waals surface area contributed by atoms with Crippen molar-refractivity contribution in [3.63, 3.8) is 0 Å². The molecule has 0 fully saturated rings. The minimum Gasteiger partial charge on any atom is -0.380 e. The van der Waals surface area contributed by atoms with Gasteiger partial charge in [0.25, 0.3) is 0 Å². The summed E-state index contributed by atoms with van der Waals surface area (Å²) < 4.78 is 0. The second-order valence-electron chi connectivity index (χ2n) is 3.56. The van der Waals surface area contributed by atoms with Crippen molar-refractivity contribution in [2.75, 3.05) is 13.6 Å². The van der Waals surface area contributed by atoms with E-state index in [1.165, 1.54) is 13.0 Å². The third-order valence-electron chi connectivity index (χ3n) is 2.26. The van der Waals surface area contributed by atoms with E-state index in [2.05, 4.69) is 38.1 Å². The zero-order chi connectivity index (χ0) is 7.56. The average molecular weight is 139 g/mol. The Morgan fingerprint density at radius 3 is 2.60 bits per heavy atom. The van der Waals surface area contributed by atoms with Gasteiger partial charge in [0, 0.05) is 13.6 Å². The second-order valence-corrected chi connectivity index (χ2v) is 3.56. The highest BCUT2D eigenvalue weighted by atomic mass is 15.1. The smallest absolute Gasteiger partial charge is 0.0202 e. The molecule has 1 unspecified atom stereocenters. The molecule has 0 aromatic carbocycles. The number of rotatable bonds is 1. The molecule has 1 nitrogen and oxygen atoms in total. The average Bonchev–Trinajstić information content (AvgIpc) is 1.88. The summed E-state index contributed by atoms with van der Waals surface area (Å²) in [6, 6.07) is 0. The summed E-state index contributed by atoms with van der Waals surface area (Å²) >= 11 is 0. The highest BCUT2D eigenvalue weighted by molar-refractivity contribution is 4.90. The first kappa shape index (κ1) is 7.64. The zero-order valence-corrected chi connectivity index (χ0v) is 7.17. The zero-order valence-electron chi connectivity index (χ0n) is 7.17. The largest absolute Gasteiger partial charge is 0.380 e. The Labute approximate surface area is 63.7 Å². The van der Waals surface area contributed by atoms with Gasteiger partial charge in [-0.1, -0.05) is 19.9 Å². The minimum absolute atomic E-state index is 0.826. The molecule has 1 atom stereocenters. The van der Waals surface area contributed by atoms with Crippen LogP contribution in [0.3, 0.4) is 0 Å². The van der Waals surface area contributed by atoms with Gasteiger partial charge in [-0.15, -0.1) is 0 Å². The lowest BCUT2D eigenvalue weighted by Crippen LogP contribution is -2.27. The van der Waals surface area contributed by atoms with Crippen LogP contribution in [0.1, 0.15) is 20.3 Å². The van der Waals surface area contributed by atoms with Gasteiger partial charge in [-0.3, -0.25) is 0 Å². The van der Waals surface area contributed by atoms with Crippen LogP contribution in [0.25, 0.3) is 0 Å². The molecule has 0 aliphatic carbocycles. The topological polar surface area (TPSA) is 3.24 Å². The van der Waals surface area contributed by atoms with Crippen LogP contribution in [0.15, 0.2) is 12.3 Å². The van der Waals surface area contributed by atoms with Crippen molar-refractivity contribution in [1.82, 2.24) is 4.90 Å². The first-order valence-electron chi connectivity index (χ1n) is 4.07. The predicted octanol–water partition coefficient (Wildman–Crippen LogP) is 2.11. The van der Waals surface area contributed by atoms with E-state index in [1.54, 1.807) is 0 Å². The van der Waals surface area contributed by atoms with Crippen LogP contribution < -0.4 is 0 Å². The van der Waals surface area contributed by atoms with Gasteiger partial charge in [0.05, 0.1) is 0 Å². The fraction of sp³-hybridized carbons (Fsp3) is 0.778. The molecule has 58 valence electrons. The molecule has 0 aromatic rings. The third-order valence-corrected chi connectivity index (χ3v) is 2.26. The van der Waals surface area contributed by atoms with E-state index in [4.69, 9.17) is 0 Å². The van der Waals surface area contributed by atoms with Crippen molar-refractivity contribution in [2.45, 2.75) is 20.3 Å². The fourth-order valence-electron chi connectivity index (χ4n) is 1.40. The Bertz CT molecular complexity index is 127. The number of hydrogen-bond acceptors (Lipinski definition) is 1. The van der Waals surface area contributed by atoms with Gasteiger partial charge in [0.1, 0.15) is 0 Å². The molecule has 0 bridgehead atoms. The SMILES string of the molecule is CC(C)C1CC=CN(C)C1. The van der Waals surface area contributed by atoms with Crippen molar-refractivity contribution in [3.8, 4) is 0 Å². The molecule has 1 aliphatic rings. The molecule has 1 heteroatoms. The van der Waals surface area contributed by atoms with Crippen LogP contribution in [-0.2, 0) is 0 Å².